The monoisotopic (exact) mass is 190 g/mol. The molecule has 1 aromatic carbocycles. The van der Waals surface area contributed by atoms with Crippen molar-refractivity contribution >= 4 is 0 Å². The van der Waals surface area contributed by atoms with E-state index in [1.165, 1.54) is 12.1 Å². The van der Waals surface area contributed by atoms with Gasteiger partial charge in [-0.1, -0.05) is 18.2 Å². The number of rotatable bonds is 4. The van der Waals surface area contributed by atoms with Crippen molar-refractivity contribution in [3.05, 3.63) is 30.3 Å². The summed E-state index contributed by atoms with van der Waals surface area (Å²) in [6, 6.07) is 7.61. The molecule has 0 aromatic heterocycles. The highest BCUT2D eigenvalue weighted by atomic mass is 19.3. The minimum atomic E-state index is -3.42. The Bertz CT molecular complexity index is 248. The van der Waals surface area contributed by atoms with Crippen LogP contribution in [-0.2, 0) is 0 Å². The number of hydrogen-bond donors (Lipinski definition) is 0. The summed E-state index contributed by atoms with van der Waals surface area (Å²) in [4.78, 5) is 0. The Morgan fingerprint density at radius 2 is 1.77 bits per heavy atom. The highest BCUT2D eigenvalue weighted by Gasteiger charge is 2.30. The van der Waals surface area contributed by atoms with E-state index in [0.717, 1.165) is 0 Å². The molecule has 0 aliphatic rings. The second-order valence-electron chi connectivity index (χ2n) is 2.49. The normalized spacial score (nSPS) is 11.3. The van der Waals surface area contributed by atoms with E-state index in [4.69, 9.17) is 0 Å². The standard InChI is InChI=1S/C9H9F3O/c10-7-6-9(11,12)13-8-4-2-1-3-5-8/h1-5H,6-7H2. The number of hydrogen-bond acceptors (Lipinski definition) is 1. The number of alkyl halides is 3. The molecular formula is C9H9F3O. The molecule has 0 bridgehead atoms. The fraction of sp³-hybridized carbons (Fsp3) is 0.333. The quantitative estimate of drug-likeness (QED) is 0.709. The van der Waals surface area contributed by atoms with Crippen molar-refractivity contribution in [1.29, 1.82) is 0 Å². The lowest BCUT2D eigenvalue weighted by atomic mass is 10.3. The molecule has 0 saturated carbocycles. The summed E-state index contributed by atoms with van der Waals surface area (Å²) in [5, 5.41) is 0. The SMILES string of the molecule is FCCC(F)(F)Oc1ccccc1. The molecule has 0 aliphatic carbocycles. The van der Waals surface area contributed by atoms with E-state index in [-0.39, 0.29) is 5.75 Å². The summed E-state index contributed by atoms with van der Waals surface area (Å²) >= 11 is 0. The third kappa shape index (κ3) is 3.36. The van der Waals surface area contributed by atoms with Crippen molar-refractivity contribution in [3.8, 4) is 5.75 Å². The summed E-state index contributed by atoms with van der Waals surface area (Å²) in [7, 11) is 0. The number of para-hydroxylation sites is 1. The molecule has 4 heteroatoms. The van der Waals surface area contributed by atoms with Crippen molar-refractivity contribution in [2.45, 2.75) is 12.5 Å². The fourth-order valence-corrected chi connectivity index (χ4v) is 0.822. The first-order valence-corrected chi connectivity index (χ1v) is 3.82. The molecule has 1 nitrogen and oxygen atoms in total. The van der Waals surface area contributed by atoms with E-state index in [2.05, 4.69) is 4.74 Å². The summed E-state index contributed by atoms with van der Waals surface area (Å²) in [5.41, 5.74) is 0. The van der Waals surface area contributed by atoms with Gasteiger partial charge in [-0.15, -0.1) is 0 Å². The predicted molar refractivity (Wildman–Crippen MR) is 42.6 cm³/mol. The predicted octanol–water partition coefficient (Wildman–Crippen LogP) is 3.02. The Morgan fingerprint density at radius 1 is 1.15 bits per heavy atom. The van der Waals surface area contributed by atoms with Crippen molar-refractivity contribution in [3.63, 3.8) is 0 Å². The van der Waals surface area contributed by atoms with Gasteiger partial charge in [0, 0.05) is 0 Å². The van der Waals surface area contributed by atoms with Gasteiger partial charge in [0.25, 0.3) is 0 Å². The summed E-state index contributed by atoms with van der Waals surface area (Å²) in [5.74, 6) is 0.0425. The molecule has 0 N–H and O–H groups in total. The van der Waals surface area contributed by atoms with Crippen molar-refractivity contribution < 1.29 is 17.9 Å². The maximum Gasteiger partial charge on any atom is 0.400 e. The number of benzene rings is 1. The maximum absolute atomic E-state index is 12.6. The van der Waals surface area contributed by atoms with Gasteiger partial charge in [-0.2, -0.15) is 8.78 Å². The topological polar surface area (TPSA) is 9.23 Å². The van der Waals surface area contributed by atoms with Gasteiger partial charge in [0.1, 0.15) is 5.75 Å². The van der Waals surface area contributed by atoms with Crippen LogP contribution in [0.1, 0.15) is 6.42 Å². The highest BCUT2D eigenvalue weighted by molar-refractivity contribution is 5.21. The van der Waals surface area contributed by atoms with Crippen LogP contribution < -0.4 is 4.74 Å². The Balaban J connectivity index is 2.58. The highest BCUT2D eigenvalue weighted by Crippen LogP contribution is 2.23. The first-order valence-electron chi connectivity index (χ1n) is 3.82. The molecule has 13 heavy (non-hydrogen) atoms. The van der Waals surface area contributed by atoms with Gasteiger partial charge in [0.15, 0.2) is 0 Å². The summed E-state index contributed by atoms with van der Waals surface area (Å²) < 4.78 is 41.2. The van der Waals surface area contributed by atoms with Crippen LogP contribution in [-0.4, -0.2) is 12.8 Å². The van der Waals surface area contributed by atoms with Gasteiger partial charge in [-0.05, 0) is 12.1 Å². The lowest BCUT2D eigenvalue weighted by Crippen LogP contribution is -2.25. The van der Waals surface area contributed by atoms with Crippen LogP contribution in [0.5, 0.6) is 5.75 Å². The third-order valence-electron chi connectivity index (χ3n) is 1.40. The lowest BCUT2D eigenvalue weighted by molar-refractivity contribution is -0.182. The van der Waals surface area contributed by atoms with Crippen LogP contribution in [0.4, 0.5) is 13.2 Å². The summed E-state index contributed by atoms with van der Waals surface area (Å²) in [6.45, 7) is -1.10. The first-order chi connectivity index (χ1) is 6.14. The molecule has 1 rings (SSSR count). The van der Waals surface area contributed by atoms with Gasteiger partial charge in [0.2, 0.25) is 0 Å². The lowest BCUT2D eigenvalue weighted by Gasteiger charge is -2.16. The van der Waals surface area contributed by atoms with E-state index >= 15 is 0 Å². The van der Waals surface area contributed by atoms with Crippen LogP contribution in [0.15, 0.2) is 30.3 Å². The Labute approximate surface area is 74.1 Å². The van der Waals surface area contributed by atoms with Gasteiger partial charge in [-0.3, -0.25) is 4.39 Å². The van der Waals surface area contributed by atoms with E-state index in [9.17, 15) is 13.2 Å². The molecule has 72 valence electrons. The average Bonchev–Trinajstić information content (AvgIpc) is 2.04. The molecular weight excluding hydrogens is 181 g/mol. The van der Waals surface area contributed by atoms with E-state index in [1.807, 2.05) is 0 Å². The van der Waals surface area contributed by atoms with Gasteiger partial charge < -0.3 is 4.74 Å². The molecule has 0 atom stereocenters. The molecule has 0 aliphatic heterocycles. The molecule has 0 fully saturated rings. The molecule has 0 heterocycles. The third-order valence-corrected chi connectivity index (χ3v) is 1.40. The fourth-order valence-electron chi connectivity index (χ4n) is 0.822. The van der Waals surface area contributed by atoms with Crippen molar-refractivity contribution in [2.75, 3.05) is 6.67 Å². The summed E-state index contributed by atoms with van der Waals surface area (Å²) in [6.07, 6.45) is -4.34. The molecule has 0 saturated heterocycles. The second-order valence-corrected chi connectivity index (χ2v) is 2.49. The minimum absolute atomic E-state index is 0.0425. The first kappa shape index (κ1) is 9.89. The van der Waals surface area contributed by atoms with E-state index in [0.29, 0.717) is 0 Å². The zero-order chi connectivity index (χ0) is 9.73. The van der Waals surface area contributed by atoms with Gasteiger partial charge >= 0.3 is 6.11 Å². The molecule has 0 amide bonds. The van der Waals surface area contributed by atoms with E-state index < -0.39 is 19.2 Å². The van der Waals surface area contributed by atoms with Crippen LogP contribution in [0.25, 0.3) is 0 Å². The zero-order valence-corrected chi connectivity index (χ0v) is 6.84. The van der Waals surface area contributed by atoms with Crippen molar-refractivity contribution in [1.82, 2.24) is 0 Å². The van der Waals surface area contributed by atoms with Gasteiger partial charge in [-0.25, -0.2) is 0 Å². The zero-order valence-electron chi connectivity index (χ0n) is 6.84. The Morgan fingerprint density at radius 3 is 2.31 bits per heavy atom. The van der Waals surface area contributed by atoms with E-state index in [1.54, 1.807) is 18.2 Å². The molecule has 0 unspecified atom stereocenters. The van der Waals surface area contributed by atoms with Crippen LogP contribution in [0, 0.1) is 0 Å². The molecule has 0 radical (unpaired) electrons. The maximum atomic E-state index is 12.6. The number of ether oxygens (including phenoxy) is 1. The van der Waals surface area contributed by atoms with Crippen molar-refractivity contribution in [2.24, 2.45) is 0 Å². The second kappa shape index (κ2) is 4.16. The molecule has 1 aromatic rings. The number of halogens is 3. The smallest absolute Gasteiger partial charge is 0.400 e. The van der Waals surface area contributed by atoms with Crippen LogP contribution in [0.3, 0.4) is 0 Å². The van der Waals surface area contributed by atoms with Gasteiger partial charge in [0.05, 0.1) is 13.1 Å². The Hall–Kier alpha value is -1.19. The minimum Gasteiger partial charge on any atom is -0.433 e. The van der Waals surface area contributed by atoms with Crippen LogP contribution in [0.2, 0.25) is 0 Å². The average molecular weight is 190 g/mol. The largest absolute Gasteiger partial charge is 0.433 e. The Kier molecular flexibility index (Phi) is 3.17. The molecule has 0 spiro atoms. The van der Waals surface area contributed by atoms with Crippen LogP contribution >= 0.6 is 0 Å².